The lowest BCUT2D eigenvalue weighted by molar-refractivity contribution is 0.285. The number of nitrogens with one attached hydrogen (secondary N) is 1. The third-order valence-electron chi connectivity index (χ3n) is 4.87. The molecule has 0 aliphatic carbocycles. The maximum absolute atomic E-state index is 13.0. The number of rotatable bonds is 6. The van der Waals surface area contributed by atoms with E-state index in [1.165, 1.54) is 12.1 Å². The van der Waals surface area contributed by atoms with Crippen molar-refractivity contribution in [2.75, 3.05) is 6.61 Å². The maximum Gasteiger partial charge on any atom is 0.251 e. The van der Waals surface area contributed by atoms with Gasteiger partial charge in [-0.05, 0) is 60.7 Å². The molecule has 0 aliphatic rings. The Bertz CT molecular complexity index is 1050. The lowest BCUT2D eigenvalue weighted by atomic mass is 9.81. The SMILES string of the molecule is CCc1cc2ccc(C(C)(C#N)CCOc3ccc(F)cc3)cc2[nH]c1=O. The molecule has 1 aromatic heterocycles. The minimum atomic E-state index is -0.769. The first-order chi connectivity index (χ1) is 12.9. The number of aryl methyl sites for hydroxylation is 1. The Kier molecular flexibility index (Phi) is 5.27. The highest BCUT2D eigenvalue weighted by Gasteiger charge is 2.27. The molecule has 0 spiro atoms. The second-order valence-electron chi connectivity index (χ2n) is 6.78. The van der Waals surface area contributed by atoms with E-state index in [9.17, 15) is 14.4 Å². The van der Waals surface area contributed by atoms with Gasteiger partial charge in [0.15, 0.2) is 0 Å². The van der Waals surface area contributed by atoms with Crippen LogP contribution in [0.4, 0.5) is 4.39 Å². The molecular weight excluding hydrogens is 343 g/mol. The number of H-pyrrole nitrogens is 1. The van der Waals surface area contributed by atoms with Crippen LogP contribution in [0, 0.1) is 17.1 Å². The predicted molar refractivity (Wildman–Crippen MR) is 103 cm³/mol. The summed E-state index contributed by atoms with van der Waals surface area (Å²) in [5, 5.41) is 10.7. The normalized spacial score (nSPS) is 13.1. The first-order valence-electron chi connectivity index (χ1n) is 8.91. The molecule has 0 amide bonds. The maximum atomic E-state index is 13.0. The molecule has 1 heterocycles. The number of pyridine rings is 1. The topological polar surface area (TPSA) is 65.9 Å². The number of ether oxygens (including phenoxy) is 1. The van der Waals surface area contributed by atoms with E-state index in [-0.39, 0.29) is 11.4 Å². The Morgan fingerprint density at radius 1 is 1.19 bits per heavy atom. The van der Waals surface area contributed by atoms with E-state index in [0.717, 1.165) is 22.0 Å². The van der Waals surface area contributed by atoms with Crippen LogP contribution in [0.3, 0.4) is 0 Å². The summed E-state index contributed by atoms with van der Waals surface area (Å²) in [5.41, 5.74) is 1.41. The highest BCUT2D eigenvalue weighted by molar-refractivity contribution is 5.80. The minimum absolute atomic E-state index is 0.0968. The van der Waals surface area contributed by atoms with Crippen molar-refractivity contribution in [1.82, 2.24) is 4.98 Å². The van der Waals surface area contributed by atoms with Crippen molar-refractivity contribution in [2.24, 2.45) is 0 Å². The van der Waals surface area contributed by atoms with Gasteiger partial charge in [-0.1, -0.05) is 19.1 Å². The molecule has 27 heavy (non-hydrogen) atoms. The average molecular weight is 364 g/mol. The van der Waals surface area contributed by atoms with E-state index >= 15 is 0 Å². The van der Waals surface area contributed by atoms with Gasteiger partial charge in [-0.25, -0.2) is 4.39 Å². The van der Waals surface area contributed by atoms with Gasteiger partial charge in [-0.3, -0.25) is 4.79 Å². The van der Waals surface area contributed by atoms with E-state index in [2.05, 4.69) is 11.1 Å². The van der Waals surface area contributed by atoms with Crippen LogP contribution in [-0.4, -0.2) is 11.6 Å². The van der Waals surface area contributed by atoms with Gasteiger partial charge in [0, 0.05) is 17.5 Å². The summed E-state index contributed by atoms with van der Waals surface area (Å²) < 4.78 is 18.6. The number of nitrogens with zero attached hydrogens (tertiary/aromatic N) is 1. The van der Waals surface area contributed by atoms with Crippen LogP contribution in [-0.2, 0) is 11.8 Å². The van der Waals surface area contributed by atoms with E-state index in [4.69, 9.17) is 4.74 Å². The molecular formula is C22H21FN2O2. The molecule has 0 fully saturated rings. The monoisotopic (exact) mass is 364 g/mol. The zero-order valence-corrected chi connectivity index (χ0v) is 15.4. The lowest BCUT2D eigenvalue weighted by Crippen LogP contribution is -2.23. The summed E-state index contributed by atoms with van der Waals surface area (Å²) in [6.45, 7) is 4.11. The zero-order valence-electron chi connectivity index (χ0n) is 15.4. The Hall–Kier alpha value is -3.13. The Labute approximate surface area is 157 Å². The molecule has 3 rings (SSSR count). The quantitative estimate of drug-likeness (QED) is 0.701. The Balaban J connectivity index is 1.81. The Morgan fingerprint density at radius 3 is 2.59 bits per heavy atom. The van der Waals surface area contributed by atoms with E-state index in [1.54, 1.807) is 12.1 Å². The van der Waals surface area contributed by atoms with Crippen molar-refractivity contribution < 1.29 is 9.13 Å². The van der Waals surface area contributed by atoms with Crippen LogP contribution < -0.4 is 10.3 Å². The number of nitriles is 1. The second kappa shape index (κ2) is 7.63. The van der Waals surface area contributed by atoms with Gasteiger partial charge in [-0.15, -0.1) is 0 Å². The van der Waals surface area contributed by atoms with Crippen molar-refractivity contribution in [3.63, 3.8) is 0 Å². The highest BCUT2D eigenvalue weighted by atomic mass is 19.1. The number of aromatic amines is 1. The first-order valence-corrected chi connectivity index (χ1v) is 8.91. The van der Waals surface area contributed by atoms with Crippen LogP contribution in [0.15, 0.2) is 53.3 Å². The smallest absolute Gasteiger partial charge is 0.251 e. The summed E-state index contributed by atoms with van der Waals surface area (Å²) in [4.78, 5) is 15.0. The van der Waals surface area contributed by atoms with Crippen molar-refractivity contribution in [1.29, 1.82) is 5.26 Å². The molecule has 0 saturated carbocycles. The van der Waals surface area contributed by atoms with Crippen LogP contribution in [0.1, 0.15) is 31.4 Å². The number of hydrogen-bond donors (Lipinski definition) is 1. The molecule has 5 heteroatoms. The summed E-state index contributed by atoms with van der Waals surface area (Å²) in [6.07, 6.45) is 1.13. The van der Waals surface area contributed by atoms with Crippen LogP contribution in [0.2, 0.25) is 0 Å². The number of aromatic nitrogens is 1. The highest BCUT2D eigenvalue weighted by Crippen LogP contribution is 2.29. The molecule has 0 bridgehead atoms. The lowest BCUT2D eigenvalue weighted by Gasteiger charge is -2.22. The molecule has 0 aliphatic heterocycles. The molecule has 3 aromatic rings. The second-order valence-corrected chi connectivity index (χ2v) is 6.78. The van der Waals surface area contributed by atoms with E-state index in [0.29, 0.717) is 25.2 Å². The van der Waals surface area contributed by atoms with Gasteiger partial charge in [0.1, 0.15) is 11.6 Å². The number of hydrogen-bond acceptors (Lipinski definition) is 3. The van der Waals surface area contributed by atoms with Gasteiger partial charge < -0.3 is 9.72 Å². The fourth-order valence-electron chi connectivity index (χ4n) is 3.02. The predicted octanol–water partition coefficient (Wildman–Crippen LogP) is 4.48. The zero-order chi connectivity index (χ0) is 19.4. The van der Waals surface area contributed by atoms with Crippen molar-refractivity contribution in [3.05, 3.63) is 75.8 Å². The van der Waals surface area contributed by atoms with Crippen molar-refractivity contribution in [3.8, 4) is 11.8 Å². The first kappa shape index (κ1) is 18.7. The van der Waals surface area contributed by atoms with Crippen LogP contribution in [0.5, 0.6) is 5.75 Å². The van der Waals surface area contributed by atoms with E-state index < -0.39 is 5.41 Å². The largest absolute Gasteiger partial charge is 0.494 e. The van der Waals surface area contributed by atoms with Gasteiger partial charge in [0.25, 0.3) is 5.56 Å². The average Bonchev–Trinajstić information content (AvgIpc) is 2.68. The Morgan fingerprint density at radius 2 is 1.93 bits per heavy atom. The van der Waals surface area contributed by atoms with Gasteiger partial charge >= 0.3 is 0 Å². The molecule has 4 nitrogen and oxygen atoms in total. The molecule has 0 radical (unpaired) electrons. The van der Waals surface area contributed by atoms with Crippen molar-refractivity contribution >= 4 is 10.9 Å². The van der Waals surface area contributed by atoms with Crippen molar-refractivity contribution in [2.45, 2.75) is 32.1 Å². The van der Waals surface area contributed by atoms with Gasteiger partial charge in [-0.2, -0.15) is 5.26 Å². The molecule has 138 valence electrons. The molecule has 1 atom stereocenters. The minimum Gasteiger partial charge on any atom is -0.494 e. The summed E-state index contributed by atoms with van der Waals surface area (Å²) in [6, 6.07) is 15.7. The fraction of sp³-hybridized carbons (Fsp3) is 0.273. The molecule has 0 saturated heterocycles. The standard InChI is InChI=1S/C22H21FN2O2/c1-3-15-12-16-4-5-17(13-20(16)25-21(15)26)22(2,14-24)10-11-27-19-8-6-18(23)7-9-19/h4-9,12-13H,3,10-11H2,1-2H3,(H,25,26). The van der Waals surface area contributed by atoms with Crippen LogP contribution in [0.25, 0.3) is 10.9 Å². The molecule has 1 unspecified atom stereocenters. The third kappa shape index (κ3) is 4.01. The number of halogens is 1. The van der Waals surface area contributed by atoms with E-state index in [1.807, 2.05) is 38.1 Å². The molecule has 1 N–H and O–H groups in total. The summed E-state index contributed by atoms with van der Waals surface area (Å²) in [5.74, 6) is 0.243. The number of benzene rings is 2. The van der Waals surface area contributed by atoms with Gasteiger partial charge in [0.2, 0.25) is 0 Å². The molecule has 2 aromatic carbocycles. The summed E-state index contributed by atoms with van der Waals surface area (Å²) in [7, 11) is 0. The fourth-order valence-corrected chi connectivity index (χ4v) is 3.02. The summed E-state index contributed by atoms with van der Waals surface area (Å²) >= 11 is 0. The third-order valence-corrected chi connectivity index (χ3v) is 4.87. The number of fused-ring (bicyclic) bond motifs is 1. The van der Waals surface area contributed by atoms with Gasteiger partial charge in [0.05, 0.1) is 18.1 Å². The van der Waals surface area contributed by atoms with Crippen LogP contribution >= 0.6 is 0 Å².